The van der Waals surface area contributed by atoms with Crippen molar-refractivity contribution in [1.29, 1.82) is 0 Å². The minimum atomic E-state index is -0.529. The first-order valence-corrected chi connectivity index (χ1v) is 4.43. The first-order chi connectivity index (χ1) is 7.69. The Bertz CT molecular complexity index is 385. The molecular formula is C12H12Na2O4. The summed E-state index contributed by atoms with van der Waals surface area (Å²) < 4.78 is 9.14. The molecule has 0 heterocycles. The van der Waals surface area contributed by atoms with Crippen molar-refractivity contribution in [1.82, 2.24) is 0 Å². The molecule has 1 rings (SSSR count). The summed E-state index contributed by atoms with van der Waals surface area (Å²) in [6.07, 6.45) is 2.09. The van der Waals surface area contributed by atoms with Crippen LogP contribution in [0.5, 0.6) is 0 Å². The molecule has 0 aromatic heterocycles. The van der Waals surface area contributed by atoms with Gasteiger partial charge in [0.05, 0.1) is 23.7 Å². The molecule has 0 fully saturated rings. The van der Waals surface area contributed by atoms with Crippen LogP contribution in [0, 0.1) is 0 Å². The van der Waals surface area contributed by atoms with E-state index in [4.69, 9.17) is 0 Å². The molecule has 0 aliphatic heterocycles. The van der Waals surface area contributed by atoms with Gasteiger partial charge in [0.2, 0.25) is 0 Å². The molecule has 0 spiro atoms. The van der Waals surface area contributed by atoms with E-state index < -0.39 is 11.9 Å². The normalized spacial score (nSPS) is 8.00. The van der Waals surface area contributed by atoms with E-state index in [0.717, 1.165) is 12.5 Å². The van der Waals surface area contributed by atoms with Crippen LogP contribution in [-0.2, 0) is 9.47 Å². The molecular weight excluding hydrogens is 254 g/mol. The fourth-order valence-corrected chi connectivity index (χ4v) is 1.03. The van der Waals surface area contributed by atoms with Gasteiger partial charge in [-0.25, -0.2) is 9.59 Å². The molecule has 0 saturated carbocycles. The van der Waals surface area contributed by atoms with Gasteiger partial charge in [0.15, 0.2) is 0 Å². The maximum atomic E-state index is 11.2. The van der Waals surface area contributed by atoms with Crippen LogP contribution in [0.3, 0.4) is 0 Å². The average molecular weight is 266 g/mol. The molecule has 0 aliphatic rings. The molecule has 0 radical (unpaired) electrons. The van der Waals surface area contributed by atoms with E-state index in [1.807, 2.05) is 0 Å². The van der Waals surface area contributed by atoms with Crippen LogP contribution in [-0.4, -0.2) is 71.1 Å². The fourth-order valence-electron chi connectivity index (χ4n) is 1.03. The van der Waals surface area contributed by atoms with Crippen molar-refractivity contribution >= 4 is 71.1 Å². The molecule has 18 heavy (non-hydrogen) atoms. The molecule has 0 N–H and O–H groups in total. The second kappa shape index (κ2) is 10.6. The minimum absolute atomic E-state index is 0. The zero-order valence-electron chi connectivity index (χ0n) is 8.51. The third-order valence-corrected chi connectivity index (χ3v) is 1.74. The molecule has 0 aliphatic carbocycles. The summed E-state index contributed by atoms with van der Waals surface area (Å²) in [6, 6.07) is 5.86. The van der Waals surface area contributed by atoms with Gasteiger partial charge in [-0.1, -0.05) is 13.2 Å². The SMILES string of the molecule is C=COC(=O)c1ccc(C(=O)OC=C)cc1.[NaH].[NaH]. The van der Waals surface area contributed by atoms with Crippen LogP contribution in [0.2, 0.25) is 0 Å². The Hall–Kier alpha value is -0.360. The van der Waals surface area contributed by atoms with E-state index in [1.165, 1.54) is 24.3 Å². The molecule has 0 saturated heterocycles. The molecule has 86 valence electrons. The predicted octanol–water partition coefficient (Wildman–Crippen LogP) is 0.990. The van der Waals surface area contributed by atoms with Gasteiger partial charge in [-0.2, -0.15) is 0 Å². The quantitative estimate of drug-likeness (QED) is 0.463. The summed E-state index contributed by atoms with van der Waals surface area (Å²) in [6.45, 7) is 6.54. The number of carbonyl (C=O) groups excluding carboxylic acids is 2. The van der Waals surface area contributed by atoms with Crippen molar-refractivity contribution in [3.05, 3.63) is 61.1 Å². The zero-order chi connectivity index (χ0) is 12.0. The Morgan fingerprint density at radius 1 is 0.833 bits per heavy atom. The first kappa shape index (κ1) is 20.0. The monoisotopic (exact) mass is 266 g/mol. The van der Waals surface area contributed by atoms with Crippen LogP contribution in [0.4, 0.5) is 0 Å². The van der Waals surface area contributed by atoms with Crippen molar-refractivity contribution in [2.45, 2.75) is 0 Å². The Balaban J connectivity index is 0. The Morgan fingerprint density at radius 2 is 1.11 bits per heavy atom. The summed E-state index contributed by atoms with van der Waals surface area (Å²) in [5.74, 6) is -1.06. The van der Waals surface area contributed by atoms with Crippen LogP contribution in [0.25, 0.3) is 0 Å². The Kier molecular flexibility index (Phi) is 11.7. The van der Waals surface area contributed by atoms with Crippen molar-refractivity contribution in [2.24, 2.45) is 0 Å². The zero-order valence-corrected chi connectivity index (χ0v) is 8.51. The van der Waals surface area contributed by atoms with Gasteiger partial charge in [0.25, 0.3) is 0 Å². The van der Waals surface area contributed by atoms with E-state index in [-0.39, 0.29) is 59.1 Å². The number of hydrogen-bond donors (Lipinski definition) is 0. The van der Waals surface area contributed by atoms with Gasteiger partial charge in [-0.15, -0.1) is 0 Å². The van der Waals surface area contributed by atoms with Crippen molar-refractivity contribution < 1.29 is 19.1 Å². The summed E-state index contributed by atoms with van der Waals surface area (Å²) in [5, 5.41) is 0. The van der Waals surface area contributed by atoms with Gasteiger partial charge in [-0.3, -0.25) is 0 Å². The Labute approximate surface area is 150 Å². The number of carbonyl (C=O) groups is 2. The number of rotatable bonds is 4. The van der Waals surface area contributed by atoms with E-state index in [2.05, 4.69) is 22.6 Å². The molecule has 0 bridgehead atoms. The molecule has 6 heteroatoms. The van der Waals surface area contributed by atoms with Gasteiger partial charge in [0, 0.05) is 0 Å². The second-order valence-corrected chi connectivity index (χ2v) is 2.72. The van der Waals surface area contributed by atoms with Crippen LogP contribution in [0.1, 0.15) is 20.7 Å². The summed E-state index contributed by atoms with van der Waals surface area (Å²) >= 11 is 0. The number of esters is 2. The van der Waals surface area contributed by atoms with Crippen molar-refractivity contribution in [3.63, 3.8) is 0 Å². The van der Waals surface area contributed by atoms with E-state index in [1.54, 1.807) is 0 Å². The van der Waals surface area contributed by atoms with Gasteiger partial charge in [0.1, 0.15) is 0 Å². The third kappa shape index (κ3) is 6.00. The second-order valence-electron chi connectivity index (χ2n) is 2.72. The molecule has 1 aromatic rings. The fraction of sp³-hybridized carbons (Fsp3) is 0. The number of hydrogen-bond acceptors (Lipinski definition) is 4. The van der Waals surface area contributed by atoms with Gasteiger partial charge in [-0.05, 0) is 24.3 Å². The van der Waals surface area contributed by atoms with E-state index in [9.17, 15) is 9.59 Å². The van der Waals surface area contributed by atoms with Crippen LogP contribution < -0.4 is 0 Å². The number of benzene rings is 1. The van der Waals surface area contributed by atoms with Crippen LogP contribution in [0.15, 0.2) is 49.9 Å². The Morgan fingerprint density at radius 3 is 1.33 bits per heavy atom. The van der Waals surface area contributed by atoms with Gasteiger partial charge < -0.3 is 9.47 Å². The summed E-state index contributed by atoms with van der Waals surface area (Å²) in [7, 11) is 0. The predicted molar refractivity (Wildman–Crippen MR) is 72.0 cm³/mol. The topological polar surface area (TPSA) is 52.6 Å². The third-order valence-electron chi connectivity index (χ3n) is 1.74. The van der Waals surface area contributed by atoms with Crippen molar-refractivity contribution in [2.75, 3.05) is 0 Å². The maximum absolute atomic E-state index is 11.2. The average Bonchev–Trinajstić information content (AvgIpc) is 2.30. The summed E-state index contributed by atoms with van der Waals surface area (Å²) in [4.78, 5) is 22.5. The summed E-state index contributed by atoms with van der Waals surface area (Å²) in [5.41, 5.74) is 0.658. The van der Waals surface area contributed by atoms with E-state index >= 15 is 0 Å². The molecule has 4 nitrogen and oxygen atoms in total. The molecule has 0 amide bonds. The van der Waals surface area contributed by atoms with E-state index in [0.29, 0.717) is 11.1 Å². The molecule has 0 unspecified atom stereocenters. The van der Waals surface area contributed by atoms with Crippen molar-refractivity contribution in [3.8, 4) is 0 Å². The number of ether oxygens (including phenoxy) is 2. The standard InChI is InChI=1S/C12H10O4.2Na.2H/c1-3-15-11(13)9-5-7-10(8-6-9)12(14)16-4-2;;;;/h3-8H,1-2H2;;;;. The first-order valence-electron chi connectivity index (χ1n) is 4.43. The van der Waals surface area contributed by atoms with Crippen LogP contribution >= 0.6 is 0 Å². The molecule has 1 aromatic carbocycles. The van der Waals surface area contributed by atoms with Gasteiger partial charge >= 0.3 is 71.1 Å². The molecule has 0 atom stereocenters.